The van der Waals surface area contributed by atoms with Crippen molar-refractivity contribution < 1.29 is 0 Å². The summed E-state index contributed by atoms with van der Waals surface area (Å²) >= 11 is 7.50. The summed E-state index contributed by atoms with van der Waals surface area (Å²) in [4.78, 5) is 2.44. The van der Waals surface area contributed by atoms with E-state index in [1.165, 1.54) is 18.4 Å². The van der Waals surface area contributed by atoms with Crippen LogP contribution in [0.25, 0.3) is 0 Å². The van der Waals surface area contributed by atoms with Crippen molar-refractivity contribution in [2.24, 2.45) is 0 Å². The van der Waals surface area contributed by atoms with Gasteiger partial charge in [0.05, 0.1) is 13.1 Å². The maximum Gasteiger partial charge on any atom is 0.191 e. The first-order valence-electron chi connectivity index (χ1n) is 7.87. The topological polar surface area (TPSA) is 34.0 Å². The number of likely N-dealkylation sites (tertiary alicyclic amines) is 1. The van der Waals surface area contributed by atoms with Gasteiger partial charge in [0, 0.05) is 10.8 Å². The first-order valence-corrected chi connectivity index (χ1v) is 9.23. The van der Waals surface area contributed by atoms with E-state index in [-0.39, 0.29) is 0 Å². The summed E-state index contributed by atoms with van der Waals surface area (Å²) in [6, 6.07) is 10.4. The Balaban J connectivity index is 1.81. The van der Waals surface area contributed by atoms with Crippen molar-refractivity contribution in [3.63, 3.8) is 0 Å². The second-order valence-corrected chi connectivity index (χ2v) is 7.24. The van der Waals surface area contributed by atoms with E-state index < -0.39 is 0 Å². The van der Waals surface area contributed by atoms with Crippen molar-refractivity contribution in [2.75, 3.05) is 18.8 Å². The molecule has 0 saturated carbocycles. The molecule has 0 amide bonds. The summed E-state index contributed by atoms with van der Waals surface area (Å²) in [6.07, 6.45) is 2.56. The highest BCUT2D eigenvalue weighted by Gasteiger charge is 2.18. The van der Waals surface area contributed by atoms with Crippen LogP contribution in [0.4, 0.5) is 0 Å². The zero-order chi connectivity index (χ0) is 16.1. The molecule has 1 aromatic heterocycles. The van der Waals surface area contributed by atoms with Crippen LogP contribution in [0.2, 0.25) is 0 Å². The minimum Gasteiger partial charge on any atom is -0.300 e. The minimum absolute atomic E-state index is 0.630. The highest BCUT2D eigenvalue weighted by molar-refractivity contribution is 7.99. The van der Waals surface area contributed by atoms with Gasteiger partial charge in [-0.05, 0) is 31.5 Å². The van der Waals surface area contributed by atoms with Gasteiger partial charge >= 0.3 is 0 Å². The van der Waals surface area contributed by atoms with Gasteiger partial charge in [-0.15, -0.1) is 10.2 Å². The summed E-state index contributed by atoms with van der Waals surface area (Å²) in [5.41, 5.74) is 1.25. The Morgan fingerprint density at radius 2 is 1.87 bits per heavy atom. The maximum atomic E-state index is 5.90. The average Bonchev–Trinajstić information content (AvgIpc) is 3.18. The summed E-state index contributed by atoms with van der Waals surface area (Å²) in [7, 11) is 0. The van der Waals surface area contributed by atoms with E-state index in [1.807, 2.05) is 6.07 Å². The molecular formula is C17H21ClN4S. The molecule has 4 nitrogen and oxygen atoms in total. The van der Waals surface area contributed by atoms with E-state index >= 15 is 0 Å². The van der Waals surface area contributed by atoms with Crippen molar-refractivity contribution in [1.29, 1.82) is 0 Å². The Morgan fingerprint density at radius 3 is 2.57 bits per heavy atom. The van der Waals surface area contributed by atoms with Crippen LogP contribution >= 0.6 is 23.4 Å². The lowest BCUT2D eigenvalue weighted by Crippen LogP contribution is -2.21. The summed E-state index contributed by atoms with van der Waals surface area (Å²) in [6.45, 7) is 7.71. The average molecular weight is 349 g/mol. The summed E-state index contributed by atoms with van der Waals surface area (Å²) < 4.78 is 2.21. The van der Waals surface area contributed by atoms with Crippen molar-refractivity contribution in [3.05, 3.63) is 53.3 Å². The van der Waals surface area contributed by atoms with Gasteiger partial charge < -0.3 is 4.57 Å². The molecule has 1 aliphatic rings. The highest BCUT2D eigenvalue weighted by atomic mass is 35.5. The van der Waals surface area contributed by atoms with Crippen molar-refractivity contribution in [2.45, 2.75) is 31.1 Å². The smallest absolute Gasteiger partial charge is 0.191 e. The number of hydrogen-bond donors (Lipinski definition) is 0. The lowest BCUT2D eigenvalue weighted by atomic mass is 10.2. The highest BCUT2D eigenvalue weighted by Crippen LogP contribution is 2.23. The van der Waals surface area contributed by atoms with Crippen LogP contribution in [0, 0.1) is 0 Å². The molecule has 2 heterocycles. The van der Waals surface area contributed by atoms with Gasteiger partial charge in [-0.1, -0.05) is 60.3 Å². The molecule has 0 radical (unpaired) electrons. The van der Waals surface area contributed by atoms with Crippen LogP contribution in [0.1, 0.15) is 24.2 Å². The zero-order valence-electron chi connectivity index (χ0n) is 13.1. The van der Waals surface area contributed by atoms with Crippen molar-refractivity contribution >= 4 is 23.4 Å². The number of thioether (sulfide) groups is 1. The molecule has 0 unspecified atom stereocenters. The standard InChI is InChI=1S/C17H21ClN4S/c1-14(18)13-23-17-20-19-16(12-21-9-5-6-10-21)22(17)11-15-7-3-2-4-8-15/h2-4,7-8H,1,5-6,9-13H2. The van der Waals surface area contributed by atoms with Gasteiger partial charge in [0.2, 0.25) is 0 Å². The first-order chi connectivity index (χ1) is 11.2. The predicted molar refractivity (Wildman–Crippen MR) is 95.8 cm³/mol. The fourth-order valence-corrected chi connectivity index (χ4v) is 3.62. The molecule has 1 aliphatic heterocycles. The van der Waals surface area contributed by atoms with Gasteiger partial charge in [0.1, 0.15) is 5.82 Å². The van der Waals surface area contributed by atoms with E-state index in [2.05, 4.69) is 50.5 Å². The third kappa shape index (κ3) is 4.59. The van der Waals surface area contributed by atoms with Gasteiger partial charge in [-0.2, -0.15) is 0 Å². The zero-order valence-corrected chi connectivity index (χ0v) is 14.7. The molecule has 0 atom stereocenters. The molecule has 23 heavy (non-hydrogen) atoms. The predicted octanol–water partition coefficient (Wildman–Crippen LogP) is 3.77. The fraction of sp³-hybridized carbons (Fsp3) is 0.412. The van der Waals surface area contributed by atoms with Crippen molar-refractivity contribution in [1.82, 2.24) is 19.7 Å². The third-order valence-corrected chi connectivity index (χ3v) is 5.24. The quantitative estimate of drug-likeness (QED) is 0.713. The Bertz CT molecular complexity index is 650. The van der Waals surface area contributed by atoms with Gasteiger partial charge in [0.15, 0.2) is 5.16 Å². The normalized spacial score (nSPS) is 15.2. The molecule has 0 bridgehead atoms. The van der Waals surface area contributed by atoms with Crippen molar-refractivity contribution in [3.8, 4) is 0 Å². The molecule has 2 aromatic rings. The number of benzene rings is 1. The van der Waals surface area contributed by atoms with Gasteiger partial charge in [0.25, 0.3) is 0 Å². The number of nitrogens with zero attached hydrogens (tertiary/aromatic N) is 4. The minimum atomic E-state index is 0.630. The molecule has 6 heteroatoms. The Morgan fingerprint density at radius 1 is 1.13 bits per heavy atom. The molecule has 1 saturated heterocycles. The molecule has 122 valence electrons. The van der Waals surface area contributed by atoms with Gasteiger partial charge in [-0.25, -0.2) is 0 Å². The fourth-order valence-electron chi connectivity index (χ4n) is 2.75. The van der Waals surface area contributed by atoms with Crippen LogP contribution < -0.4 is 0 Å². The molecule has 0 aliphatic carbocycles. The van der Waals surface area contributed by atoms with Crippen LogP contribution in [0.5, 0.6) is 0 Å². The second-order valence-electron chi connectivity index (χ2n) is 5.76. The van der Waals surface area contributed by atoms with E-state index in [9.17, 15) is 0 Å². The Kier molecular flexibility index (Phi) is 5.75. The van der Waals surface area contributed by atoms with Crippen LogP contribution in [-0.2, 0) is 13.1 Å². The number of aromatic nitrogens is 3. The van der Waals surface area contributed by atoms with E-state index in [4.69, 9.17) is 11.6 Å². The summed E-state index contributed by atoms with van der Waals surface area (Å²) in [5, 5.41) is 10.3. The second kappa shape index (κ2) is 7.99. The molecular weight excluding hydrogens is 328 g/mol. The van der Waals surface area contributed by atoms with Crippen LogP contribution in [0.3, 0.4) is 0 Å². The molecule has 1 fully saturated rings. The SMILES string of the molecule is C=C(Cl)CSc1nnc(CN2CCCC2)n1Cc1ccccc1. The number of halogens is 1. The number of hydrogen-bond acceptors (Lipinski definition) is 4. The Labute approximate surface area is 146 Å². The monoisotopic (exact) mass is 348 g/mol. The van der Waals surface area contributed by atoms with E-state index in [0.717, 1.165) is 37.2 Å². The largest absolute Gasteiger partial charge is 0.300 e. The third-order valence-electron chi connectivity index (χ3n) is 3.90. The maximum absolute atomic E-state index is 5.90. The van der Waals surface area contributed by atoms with E-state index in [0.29, 0.717) is 10.8 Å². The molecule has 1 aromatic carbocycles. The molecule has 0 spiro atoms. The number of rotatable bonds is 7. The van der Waals surface area contributed by atoms with Crippen LogP contribution in [-0.4, -0.2) is 38.5 Å². The van der Waals surface area contributed by atoms with Gasteiger partial charge in [-0.3, -0.25) is 4.90 Å². The first kappa shape index (κ1) is 16.6. The summed E-state index contributed by atoms with van der Waals surface area (Å²) in [5.74, 6) is 1.68. The molecule has 0 N–H and O–H groups in total. The lowest BCUT2D eigenvalue weighted by Gasteiger charge is -2.16. The Hall–Kier alpha value is -1.30. The van der Waals surface area contributed by atoms with E-state index in [1.54, 1.807) is 11.8 Å². The van der Waals surface area contributed by atoms with Crippen LogP contribution in [0.15, 0.2) is 47.1 Å². The molecule has 3 rings (SSSR count). The lowest BCUT2D eigenvalue weighted by molar-refractivity contribution is 0.316.